The number of nitrogens with one attached hydrogen (secondary N) is 2. The van der Waals surface area contributed by atoms with E-state index >= 15 is 0 Å². The highest BCUT2D eigenvalue weighted by molar-refractivity contribution is 5.91. The monoisotopic (exact) mass is 299 g/mol. The molecular formula is C14H16F3N3O. The van der Waals surface area contributed by atoms with E-state index in [1.807, 2.05) is 13.8 Å². The van der Waals surface area contributed by atoms with Gasteiger partial charge in [-0.15, -0.1) is 0 Å². The van der Waals surface area contributed by atoms with Gasteiger partial charge in [-0.3, -0.25) is 4.79 Å². The van der Waals surface area contributed by atoms with Gasteiger partial charge in [0.1, 0.15) is 0 Å². The van der Waals surface area contributed by atoms with Gasteiger partial charge < -0.3 is 10.6 Å². The molecule has 0 saturated heterocycles. The first-order valence-corrected chi connectivity index (χ1v) is 6.38. The molecule has 7 heteroatoms. The molecule has 0 radical (unpaired) electrons. The Hall–Kier alpha value is -2.07. The Morgan fingerprint density at radius 1 is 1.38 bits per heavy atom. The minimum absolute atomic E-state index is 0.0650. The molecule has 0 aliphatic heterocycles. The zero-order chi connectivity index (χ0) is 16.0. The summed E-state index contributed by atoms with van der Waals surface area (Å²) in [4.78, 5) is 11.6. The summed E-state index contributed by atoms with van der Waals surface area (Å²) in [5.41, 5.74) is -1.47. The number of carbonyl (C=O) groups excluding carboxylic acids is 1. The first-order valence-electron chi connectivity index (χ1n) is 6.38. The van der Waals surface area contributed by atoms with Crippen LogP contribution in [0.2, 0.25) is 0 Å². The van der Waals surface area contributed by atoms with Crippen molar-refractivity contribution in [1.82, 2.24) is 5.32 Å². The zero-order valence-corrected chi connectivity index (χ0v) is 11.7. The summed E-state index contributed by atoms with van der Waals surface area (Å²) in [5, 5.41) is 13.9. The molecule has 0 unspecified atom stereocenters. The molecule has 114 valence electrons. The van der Waals surface area contributed by atoms with Crippen molar-refractivity contribution in [3.8, 4) is 6.07 Å². The van der Waals surface area contributed by atoms with Crippen molar-refractivity contribution in [2.75, 3.05) is 11.9 Å². The molecule has 0 bridgehead atoms. The largest absolute Gasteiger partial charge is 0.418 e. The summed E-state index contributed by atoms with van der Waals surface area (Å²) in [5.74, 6) is -0.515. The van der Waals surface area contributed by atoms with E-state index in [1.54, 1.807) is 6.07 Å². The second kappa shape index (κ2) is 7.09. The number of halogens is 3. The van der Waals surface area contributed by atoms with E-state index in [9.17, 15) is 18.0 Å². The third-order valence-corrected chi connectivity index (χ3v) is 2.63. The Kier molecular flexibility index (Phi) is 5.73. The van der Waals surface area contributed by atoms with Gasteiger partial charge in [0.05, 0.1) is 22.9 Å². The van der Waals surface area contributed by atoms with Crippen LogP contribution in [0.4, 0.5) is 18.9 Å². The molecule has 1 amide bonds. The van der Waals surface area contributed by atoms with Gasteiger partial charge >= 0.3 is 6.18 Å². The fourth-order valence-electron chi connectivity index (χ4n) is 1.64. The number of carbonyl (C=O) groups is 1. The SMILES string of the molecule is CC(C)NCCC(=O)Nc1ccc(C#N)cc1C(F)(F)F. The van der Waals surface area contributed by atoms with E-state index in [0.717, 1.165) is 12.1 Å². The number of hydrogen-bond donors (Lipinski definition) is 2. The predicted molar refractivity (Wildman–Crippen MR) is 72.5 cm³/mol. The third kappa shape index (κ3) is 5.44. The molecule has 0 saturated carbocycles. The Morgan fingerprint density at radius 3 is 2.57 bits per heavy atom. The van der Waals surface area contributed by atoms with E-state index in [2.05, 4.69) is 10.6 Å². The molecule has 1 rings (SSSR count). The van der Waals surface area contributed by atoms with E-state index in [0.29, 0.717) is 6.54 Å². The molecular weight excluding hydrogens is 283 g/mol. The minimum Gasteiger partial charge on any atom is -0.325 e. The summed E-state index contributed by atoms with van der Waals surface area (Å²) in [6.07, 6.45) is -4.57. The summed E-state index contributed by atoms with van der Waals surface area (Å²) in [6.45, 7) is 4.18. The highest BCUT2D eigenvalue weighted by Crippen LogP contribution is 2.35. The number of alkyl halides is 3. The van der Waals surface area contributed by atoms with Crippen molar-refractivity contribution in [2.45, 2.75) is 32.5 Å². The second-order valence-electron chi connectivity index (χ2n) is 4.78. The third-order valence-electron chi connectivity index (χ3n) is 2.63. The molecule has 4 nitrogen and oxygen atoms in total. The summed E-state index contributed by atoms with van der Waals surface area (Å²) in [6, 6.07) is 4.89. The lowest BCUT2D eigenvalue weighted by atomic mass is 10.1. The molecule has 0 aliphatic rings. The number of anilines is 1. The van der Waals surface area contributed by atoms with Crippen molar-refractivity contribution in [3.63, 3.8) is 0 Å². The maximum atomic E-state index is 12.9. The smallest absolute Gasteiger partial charge is 0.325 e. The fraction of sp³-hybridized carbons (Fsp3) is 0.429. The van der Waals surface area contributed by atoms with Crippen molar-refractivity contribution in [1.29, 1.82) is 5.26 Å². The molecule has 0 aromatic heterocycles. The average molecular weight is 299 g/mol. The number of nitrogens with zero attached hydrogens (tertiary/aromatic N) is 1. The fourth-order valence-corrected chi connectivity index (χ4v) is 1.64. The zero-order valence-electron chi connectivity index (χ0n) is 11.7. The summed E-state index contributed by atoms with van der Waals surface area (Å²) >= 11 is 0. The van der Waals surface area contributed by atoms with Crippen LogP contribution >= 0.6 is 0 Å². The van der Waals surface area contributed by atoms with Crippen molar-refractivity contribution in [2.24, 2.45) is 0 Å². The van der Waals surface area contributed by atoms with Gasteiger partial charge in [-0.25, -0.2) is 0 Å². The standard InChI is InChI=1S/C14H16F3N3O/c1-9(2)19-6-5-13(21)20-12-4-3-10(8-18)7-11(12)14(15,16)17/h3-4,7,9,19H,5-6H2,1-2H3,(H,20,21). The Labute approximate surface area is 121 Å². The van der Waals surface area contributed by atoms with Crippen LogP contribution in [0.1, 0.15) is 31.4 Å². The van der Waals surface area contributed by atoms with E-state index < -0.39 is 17.6 Å². The summed E-state index contributed by atoms with van der Waals surface area (Å²) < 4.78 is 38.7. The molecule has 0 fully saturated rings. The first kappa shape index (κ1) is 17.0. The van der Waals surface area contributed by atoms with Crippen LogP contribution in [0.15, 0.2) is 18.2 Å². The topological polar surface area (TPSA) is 64.9 Å². The highest BCUT2D eigenvalue weighted by atomic mass is 19.4. The van der Waals surface area contributed by atoms with Crippen LogP contribution in [0, 0.1) is 11.3 Å². The molecule has 2 N–H and O–H groups in total. The Bertz CT molecular complexity index is 547. The van der Waals surface area contributed by atoms with Gasteiger partial charge in [0.2, 0.25) is 5.91 Å². The van der Waals surface area contributed by atoms with Gasteiger partial charge in [0, 0.05) is 19.0 Å². The lowest BCUT2D eigenvalue weighted by molar-refractivity contribution is -0.137. The van der Waals surface area contributed by atoms with Crippen molar-refractivity contribution < 1.29 is 18.0 Å². The van der Waals surface area contributed by atoms with Gasteiger partial charge in [-0.1, -0.05) is 13.8 Å². The molecule has 0 spiro atoms. The summed E-state index contributed by atoms with van der Waals surface area (Å²) in [7, 11) is 0. The van der Waals surface area contributed by atoms with Crippen molar-refractivity contribution in [3.05, 3.63) is 29.3 Å². The quantitative estimate of drug-likeness (QED) is 0.878. The number of nitriles is 1. The van der Waals surface area contributed by atoms with Gasteiger partial charge in [-0.05, 0) is 18.2 Å². The maximum absolute atomic E-state index is 12.9. The number of amides is 1. The molecule has 0 aliphatic carbocycles. The molecule has 1 aromatic carbocycles. The normalized spacial score (nSPS) is 11.3. The predicted octanol–water partition coefficient (Wildman–Crippen LogP) is 2.90. The van der Waals surface area contributed by atoms with E-state index in [-0.39, 0.29) is 23.7 Å². The Balaban J connectivity index is 2.83. The molecule has 21 heavy (non-hydrogen) atoms. The molecule has 0 heterocycles. The lowest BCUT2D eigenvalue weighted by Gasteiger charge is -2.14. The van der Waals surface area contributed by atoms with Crippen molar-refractivity contribution >= 4 is 11.6 Å². The first-order chi connectivity index (χ1) is 9.74. The van der Waals surface area contributed by atoms with Gasteiger partial charge in [0.25, 0.3) is 0 Å². The average Bonchev–Trinajstić information content (AvgIpc) is 2.37. The van der Waals surface area contributed by atoms with Gasteiger partial charge in [0.15, 0.2) is 0 Å². The van der Waals surface area contributed by atoms with Crippen LogP contribution in [-0.4, -0.2) is 18.5 Å². The van der Waals surface area contributed by atoms with Crippen LogP contribution in [-0.2, 0) is 11.0 Å². The van der Waals surface area contributed by atoms with Crippen LogP contribution in [0.3, 0.4) is 0 Å². The van der Waals surface area contributed by atoms with E-state index in [1.165, 1.54) is 6.07 Å². The Morgan fingerprint density at radius 2 is 2.05 bits per heavy atom. The van der Waals surface area contributed by atoms with Crippen LogP contribution < -0.4 is 10.6 Å². The highest BCUT2D eigenvalue weighted by Gasteiger charge is 2.34. The number of benzene rings is 1. The van der Waals surface area contributed by atoms with Gasteiger partial charge in [-0.2, -0.15) is 18.4 Å². The number of rotatable bonds is 5. The van der Waals surface area contributed by atoms with Crippen LogP contribution in [0.25, 0.3) is 0 Å². The molecule has 0 atom stereocenters. The van der Waals surface area contributed by atoms with E-state index in [4.69, 9.17) is 5.26 Å². The second-order valence-corrected chi connectivity index (χ2v) is 4.78. The molecule has 1 aromatic rings. The maximum Gasteiger partial charge on any atom is 0.418 e. The number of hydrogen-bond acceptors (Lipinski definition) is 3. The minimum atomic E-state index is -4.63. The van der Waals surface area contributed by atoms with Crippen LogP contribution in [0.5, 0.6) is 0 Å². The lowest BCUT2D eigenvalue weighted by Crippen LogP contribution is -2.27.